The van der Waals surface area contributed by atoms with Crippen LogP contribution in [0.4, 0.5) is 4.79 Å². The summed E-state index contributed by atoms with van der Waals surface area (Å²) < 4.78 is 10.2. The van der Waals surface area contributed by atoms with E-state index in [1.165, 1.54) is 12.0 Å². The third-order valence-corrected chi connectivity index (χ3v) is 5.02. The Morgan fingerprint density at radius 2 is 2.11 bits per heavy atom. The maximum Gasteiger partial charge on any atom is 0.416 e. The average Bonchev–Trinajstić information content (AvgIpc) is 2.29. The second kappa shape index (κ2) is 4.96. The highest BCUT2D eigenvalue weighted by Gasteiger charge is 2.52. The topological polar surface area (TPSA) is 55.8 Å². The standard InChI is InChI=1S/C13H18INO4/c1-13(2,3)8-7-5-6-15(12(17)18-4)10(9(7)14)19-11(8)16/h5-10H,1-4H3/t7?,8?,9-,10?/m0/s1. The summed E-state index contributed by atoms with van der Waals surface area (Å²) in [5.74, 6) is -0.358. The van der Waals surface area contributed by atoms with E-state index in [4.69, 9.17) is 9.47 Å². The predicted molar refractivity (Wildman–Crippen MR) is 77.5 cm³/mol. The third-order valence-electron chi connectivity index (χ3n) is 3.58. The van der Waals surface area contributed by atoms with Crippen LogP contribution < -0.4 is 0 Å². The number of rotatable bonds is 0. The molecule has 0 saturated carbocycles. The number of allylic oxidation sites excluding steroid dienone is 1. The van der Waals surface area contributed by atoms with E-state index in [1.807, 2.05) is 26.8 Å². The Bertz CT molecular complexity index is 429. The van der Waals surface area contributed by atoms with Gasteiger partial charge < -0.3 is 9.47 Å². The van der Waals surface area contributed by atoms with Gasteiger partial charge >= 0.3 is 12.1 Å². The first-order valence-electron chi connectivity index (χ1n) is 6.16. The molecule has 2 rings (SSSR count). The number of alkyl halides is 1. The highest BCUT2D eigenvalue weighted by molar-refractivity contribution is 14.1. The first kappa shape index (κ1) is 14.6. The lowest BCUT2D eigenvalue weighted by Gasteiger charge is -2.47. The van der Waals surface area contributed by atoms with Gasteiger partial charge in [-0.1, -0.05) is 49.4 Å². The molecule has 19 heavy (non-hydrogen) atoms. The van der Waals surface area contributed by atoms with Crippen molar-refractivity contribution in [1.29, 1.82) is 0 Å². The number of nitrogens with zero attached hydrogens (tertiary/aromatic N) is 1. The molecular weight excluding hydrogens is 361 g/mol. The maximum absolute atomic E-state index is 12.2. The van der Waals surface area contributed by atoms with Gasteiger partial charge in [-0.2, -0.15) is 0 Å². The van der Waals surface area contributed by atoms with Gasteiger partial charge in [0.05, 0.1) is 17.0 Å². The van der Waals surface area contributed by atoms with Crippen LogP contribution in [0.5, 0.6) is 0 Å². The van der Waals surface area contributed by atoms with Gasteiger partial charge in [-0.25, -0.2) is 9.69 Å². The second-order valence-electron chi connectivity index (χ2n) is 5.91. The molecule has 0 radical (unpaired) electrons. The van der Waals surface area contributed by atoms with Crippen LogP contribution in [0.3, 0.4) is 0 Å². The first-order chi connectivity index (χ1) is 8.77. The van der Waals surface area contributed by atoms with Crippen molar-refractivity contribution in [2.75, 3.05) is 7.11 Å². The van der Waals surface area contributed by atoms with Gasteiger partial charge in [0.25, 0.3) is 0 Å². The fourth-order valence-electron chi connectivity index (χ4n) is 2.69. The smallest absolute Gasteiger partial charge is 0.416 e. The average molecular weight is 379 g/mol. The molecule has 106 valence electrons. The molecule has 2 aliphatic heterocycles. The first-order valence-corrected chi connectivity index (χ1v) is 7.41. The van der Waals surface area contributed by atoms with E-state index >= 15 is 0 Å². The zero-order valence-corrected chi connectivity index (χ0v) is 13.6. The Balaban J connectivity index is 2.35. The monoisotopic (exact) mass is 379 g/mol. The van der Waals surface area contributed by atoms with Gasteiger partial charge in [0, 0.05) is 12.1 Å². The highest BCUT2D eigenvalue weighted by Crippen LogP contribution is 2.45. The Morgan fingerprint density at radius 1 is 1.47 bits per heavy atom. The van der Waals surface area contributed by atoms with E-state index in [9.17, 15) is 9.59 Å². The van der Waals surface area contributed by atoms with E-state index in [1.54, 1.807) is 6.20 Å². The third kappa shape index (κ3) is 2.46. The molecule has 3 unspecified atom stereocenters. The number of fused-ring (bicyclic) bond motifs is 2. The number of carbonyl (C=O) groups excluding carboxylic acids is 2. The number of ether oxygens (including phenoxy) is 2. The minimum atomic E-state index is -0.575. The summed E-state index contributed by atoms with van der Waals surface area (Å²) in [7, 11) is 1.31. The summed E-state index contributed by atoms with van der Waals surface area (Å²) in [4.78, 5) is 25.2. The van der Waals surface area contributed by atoms with Gasteiger partial charge in [0.15, 0.2) is 6.23 Å². The molecule has 0 spiro atoms. The molecule has 0 N–H and O–H groups in total. The van der Waals surface area contributed by atoms with E-state index < -0.39 is 12.3 Å². The minimum absolute atomic E-state index is 0.0311. The summed E-state index contributed by atoms with van der Waals surface area (Å²) >= 11 is 2.25. The number of hydrogen-bond donors (Lipinski definition) is 0. The van der Waals surface area contributed by atoms with Crippen LogP contribution in [-0.4, -0.2) is 34.2 Å². The fourth-order valence-corrected chi connectivity index (χ4v) is 3.84. The molecule has 2 aliphatic rings. The van der Waals surface area contributed by atoms with Crippen LogP contribution in [0.25, 0.3) is 0 Å². The summed E-state index contributed by atoms with van der Waals surface area (Å²) in [6, 6.07) is 0. The molecular formula is C13H18INO4. The number of amides is 1. The Morgan fingerprint density at radius 3 is 2.63 bits per heavy atom. The van der Waals surface area contributed by atoms with Crippen LogP contribution in [-0.2, 0) is 14.3 Å². The Labute approximate surface area is 126 Å². The molecule has 6 heteroatoms. The molecule has 1 saturated heterocycles. The Hall–Kier alpha value is -0.790. The van der Waals surface area contributed by atoms with Crippen molar-refractivity contribution in [3.8, 4) is 0 Å². The van der Waals surface area contributed by atoms with Crippen LogP contribution >= 0.6 is 22.6 Å². The minimum Gasteiger partial charge on any atom is -0.452 e. The lowest BCUT2D eigenvalue weighted by atomic mass is 9.70. The summed E-state index contributed by atoms with van der Waals surface area (Å²) in [6.45, 7) is 6.09. The van der Waals surface area contributed by atoms with Crippen molar-refractivity contribution in [1.82, 2.24) is 4.90 Å². The van der Waals surface area contributed by atoms with Gasteiger partial charge in [0.2, 0.25) is 0 Å². The number of halogens is 1. The zero-order valence-electron chi connectivity index (χ0n) is 11.4. The van der Waals surface area contributed by atoms with Crippen LogP contribution in [0, 0.1) is 17.3 Å². The predicted octanol–water partition coefficient (Wildman–Crippen LogP) is 2.55. The van der Waals surface area contributed by atoms with Gasteiger partial charge in [-0.3, -0.25) is 4.79 Å². The highest BCUT2D eigenvalue weighted by atomic mass is 127. The second-order valence-corrected chi connectivity index (χ2v) is 7.35. The molecule has 0 aromatic carbocycles. The molecule has 1 fully saturated rings. The Kier molecular flexibility index (Phi) is 3.81. The van der Waals surface area contributed by atoms with E-state index in [2.05, 4.69) is 22.6 Å². The lowest BCUT2D eigenvalue weighted by Crippen LogP contribution is -2.58. The molecule has 0 aromatic heterocycles. The molecule has 0 aromatic rings. The SMILES string of the molecule is COC(=O)N1C=CC2C(C(C)(C)C)C(=O)OC1[C@H]2I. The molecule has 5 nitrogen and oxygen atoms in total. The van der Waals surface area contributed by atoms with Crippen molar-refractivity contribution in [2.45, 2.75) is 30.9 Å². The molecule has 0 aliphatic carbocycles. The maximum atomic E-state index is 12.2. The summed E-state index contributed by atoms with van der Waals surface area (Å²) in [5, 5.41) is 0. The van der Waals surface area contributed by atoms with Crippen molar-refractivity contribution >= 4 is 34.7 Å². The lowest BCUT2D eigenvalue weighted by molar-refractivity contribution is -0.177. The summed E-state index contributed by atoms with van der Waals surface area (Å²) in [6.07, 6.45) is 2.50. The molecule has 2 bridgehead atoms. The number of methoxy groups -OCH3 is 1. The quantitative estimate of drug-likeness (QED) is 0.369. The van der Waals surface area contributed by atoms with Gasteiger partial charge in [-0.15, -0.1) is 0 Å². The molecule has 1 amide bonds. The molecule has 2 heterocycles. The van der Waals surface area contributed by atoms with Crippen molar-refractivity contribution in [3.63, 3.8) is 0 Å². The van der Waals surface area contributed by atoms with Crippen LogP contribution in [0.15, 0.2) is 12.3 Å². The van der Waals surface area contributed by atoms with E-state index in [-0.39, 0.29) is 27.1 Å². The van der Waals surface area contributed by atoms with Crippen LogP contribution in [0.1, 0.15) is 20.8 Å². The summed E-state index contributed by atoms with van der Waals surface area (Å²) in [5.41, 5.74) is -0.173. The van der Waals surface area contributed by atoms with Crippen LogP contribution in [0.2, 0.25) is 0 Å². The fraction of sp³-hybridized carbons (Fsp3) is 0.692. The number of esters is 1. The zero-order chi connectivity index (χ0) is 14.4. The van der Waals surface area contributed by atoms with Crippen molar-refractivity contribution < 1.29 is 19.1 Å². The van der Waals surface area contributed by atoms with Gasteiger partial charge in [-0.05, 0) is 5.41 Å². The number of carbonyl (C=O) groups is 2. The van der Waals surface area contributed by atoms with Gasteiger partial charge in [0.1, 0.15) is 0 Å². The van der Waals surface area contributed by atoms with Crippen molar-refractivity contribution in [3.05, 3.63) is 12.3 Å². The molecule has 4 atom stereocenters. The number of hydrogen-bond acceptors (Lipinski definition) is 4. The largest absolute Gasteiger partial charge is 0.452 e. The van der Waals surface area contributed by atoms with E-state index in [0.29, 0.717) is 0 Å². The van der Waals surface area contributed by atoms with E-state index in [0.717, 1.165) is 0 Å². The normalized spacial score (nSPS) is 33.9. The van der Waals surface area contributed by atoms with Crippen molar-refractivity contribution in [2.24, 2.45) is 17.3 Å².